The maximum atomic E-state index is 12.3. The predicted molar refractivity (Wildman–Crippen MR) is 90.6 cm³/mol. The van der Waals surface area contributed by atoms with Crippen molar-refractivity contribution in [3.63, 3.8) is 0 Å². The second-order valence-corrected chi connectivity index (χ2v) is 7.83. The first-order valence-electron chi connectivity index (χ1n) is 7.99. The topological polar surface area (TPSA) is 29.1 Å². The van der Waals surface area contributed by atoms with Crippen molar-refractivity contribution in [2.75, 3.05) is 13.6 Å². The summed E-state index contributed by atoms with van der Waals surface area (Å²) in [7, 11) is 3.77. The summed E-state index contributed by atoms with van der Waals surface area (Å²) in [5.41, 5.74) is 0.409. The van der Waals surface area contributed by atoms with E-state index in [1.54, 1.807) is 22.0 Å². The van der Waals surface area contributed by atoms with Gasteiger partial charge in [0.2, 0.25) is 0 Å². The van der Waals surface area contributed by atoms with Crippen LogP contribution in [0.1, 0.15) is 47.0 Å². The van der Waals surface area contributed by atoms with E-state index in [1.807, 2.05) is 30.9 Å². The molecule has 0 fully saturated rings. The van der Waals surface area contributed by atoms with Crippen LogP contribution in [0, 0.1) is 10.8 Å². The Labute approximate surface area is 135 Å². The molecule has 1 heterocycles. The third kappa shape index (κ3) is 5.66. The van der Waals surface area contributed by atoms with Gasteiger partial charge in [0, 0.05) is 13.6 Å². The summed E-state index contributed by atoms with van der Waals surface area (Å²) in [4.78, 5) is 14.0. The van der Waals surface area contributed by atoms with Crippen molar-refractivity contribution < 1.29 is 9.36 Å². The summed E-state index contributed by atoms with van der Waals surface area (Å²) in [6.07, 6.45) is 10.7. The van der Waals surface area contributed by atoms with Crippen LogP contribution in [0.15, 0.2) is 31.4 Å². The molecule has 0 bridgehead atoms. The Kier molecular flexibility index (Phi) is 5.98. The molecular weight excluding hydrogens is 274 g/mol. The highest BCUT2D eigenvalue weighted by Gasteiger charge is 2.26. The number of aromatic nitrogens is 2. The lowest BCUT2D eigenvalue weighted by Gasteiger charge is -2.33. The maximum absolute atomic E-state index is 12.3. The smallest absolute Gasteiger partial charge is 0.307 e. The SMILES string of the molecule is C=CC(C)(C)CC(C)(C)CCCN(C)C(=O)n1cc[n+](C)c1. The molecular formula is C18H32N3O+. The molecule has 1 aromatic rings. The number of hydrogen-bond acceptors (Lipinski definition) is 1. The van der Waals surface area contributed by atoms with Gasteiger partial charge in [0.25, 0.3) is 6.33 Å². The van der Waals surface area contributed by atoms with Gasteiger partial charge in [-0.2, -0.15) is 4.57 Å². The molecule has 0 saturated heterocycles. The molecule has 0 N–H and O–H groups in total. The molecule has 1 aromatic heterocycles. The summed E-state index contributed by atoms with van der Waals surface area (Å²) in [5.74, 6) is 0. The number of imidazole rings is 1. The molecule has 4 heteroatoms. The van der Waals surface area contributed by atoms with Gasteiger partial charge >= 0.3 is 6.03 Å². The number of carbonyl (C=O) groups is 1. The molecule has 0 radical (unpaired) electrons. The van der Waals surface area contributed by atoms with Gasteiger partial charge in [-0.25, -0.2) is 9.36 Å². The fraction of sp³-hybridized carbons (Fsp3) is 0.667. The van der Waals surface area contributed by atoms with Crippen molar-refractivity contribution in [3.05, 3.63) is 31.4 Å². The number of rotatable bonds is 7. The minimum Gasteiger partial charge on any atom is -0.307 e. The van der Waals surface area contributed by atoms with Gasteiger partial charge in [0.15, 0.2) is 0 Å². The van der Waals surface area contributed by atoms with Gasteiger partial charge in [-0.1, -0.05) is 33.8 Å². The van der Waals surface area contributed by atoms with E-state index < -0.39 is 0 Å². The van der Waals surface area contributed by atoms with Crippen LogP contribution in [0.2, 0.25) is 0 Å². The number of aryl methyl sites for hydroxylation is 1. The molecule has 0 saturated carbocycles. The van der Waals surface area contributed by atoms with E-state index in [0.29, 0.717) is 0 Å². The van der Waals surface area contributed by atoms with E-state index in [1.165, 1.54) is 0 Å². The van der Waals surface area contributed by atoms with E-state index in [4.69, 9.17) is 0 Å². The zero-order chi connectivity index (χ0) is 17.0. The van der Waals surface area contributed by atoms with E-state index >= 15 is 0 Å². The maximum Gasteiger partial charge on any atom is 0.415 e. The lowest BCUT2D eigenvalue weighted by molar-refractivity contribution is -0.670. The monoisotopic (exact) mass is 306 g/mol. The average Bonchev–Trinajstić information content (AvgIpc) is 2.83. The largest absolute Gasteiger partial charge is 0.415 e. The van der Waals surface area contributed by atoms with Gasteiger partial charge in [0.05, 0.1) is 7.05 Å². The zero-order valence-corrected chi connectivity index (χ0v) is 15.1. The Morgan fingerprint density at radius 2 is 2.00 bits per heavy atom. The Bertz CT molecular complexity index is 514. The number of amides is 1. The van der Waals surface area contributed by atoms with E-state index in [-0.39, 0.29) is 16.9 Å². The van der Waals surface area contributed by atoms with Crippen LogP contribution >= 0.6 is 0 Å². The molecule has 1 amide bonds. The van der Waals surface area contributed by atoms with Crippen molar-refractivity contribution in [3.8, 4) is 0 Å². The second-order valence-electron chi connectivity index (χ2n) is 7.83. The Morgan fingerprint density at radius 1 is 1.36 bits per heavy atom. The second kappa shape index (κ2) is 7.12. The molecule has 0 aromatic carbocycles. The van der Waals surface area contributed by atoms with Crippen LogP contribution in [0.3, 0.4) is 0 Å². The third-order valence-corrected chi connectivity index (χ3v) is 4.15. The highest BCUT2D eigenvalue weighted by atomic mass is 16.2. The van der Waals surface area contributed by atoms with E-state index in [9.17, 15) is 4.79 Å². The predicted octanol–water partition coefficient (Wildman–Crippen LogP) is 3.62. The van der Waals surface area contributed by atoms with Crippen LogP contribution in [0.5, 0.6) is 0 Å². The highest BCUT2D eigenvalue weighted by molar-refractivity contribution is 5.76. The number of hydrogen-bond donors (Lipinski definition) is 0. The molecule has 0 atom stereocenters. The van der Waals surface area contributed by atoms with Gasteiger partial charge < -0.3 is 4.90 Å². The molecule has 0 aliphatic rings. The molecule has 4 nitrogen and oxygen atoms in total. The van der Waals surface area contributed by atoms with Gasteiger partial charge in [-0.15, -0.1) is 6.58 Å². The molecule has 0 unspecified atom stereocenters. The first kappa shape index (κ1) is 18.5. The molecule has 0 aliphatic carbocycles. The normalized spacial score (nSPS) is 12.3. The van der Waals surface area contributed by atoms with Crippen molar-refractivity contribution in [1.82, 2.24) is 9.47 Å². The zero-order valence-electron chi connectivity index (χ0n) is 15.1. The summed E-state index contributed by atoms with van der Waals surface area (Å²) in [6.45, 7) is 13.7. The first-order chi connectivity index (χ1) is 10.1. The summed E-state index contributed by atoms with van der Waals surface area (Å²) < 4.78 is 3.48. The van der Waals surface area contributed by atoms with Crippen molar-refractivity contribution in [1.29, 1.82) is 0 Å². The Morgan fingerprint density at radius 3 is 2.50 bits per heavy atom. The van der Waals surface area contributed by atoms with Crippen molar-refractivity contribution in [2.24, 2.45) is 17.9 Å². The summed E-state index contributed by atoms with van der Waals surface area (Å²) in [5, 5.41) is 0. The van der Waals surface area contributed by atoms with Crippen molar-refractivity contribution in [2.45, 2.75) is 47.0 Å². The fourth-order valence-corrected chi connectivity index (χ4v) is 3.04. The van der Waals surface area contributed by atoms with Gasteiger partial charge in [0.1, 0.15) is 12.4 Å². The minimum atomic E-state index is 0.0184. The average molecular weight is 306 g/mol. The van der Waals surface area contributed by atoms with E-state index in [2.05, 4.69) is 34.3 Å². The van der Waals surface area contributed by atoms with Crippen molar-refractivity contribution >= 4 is 6.03 Å². The van der Waals surface area contributed by atoms with Crippen LogP contribution in [0.4, 0.5) is 4.79 Å². The van der Waals surface area contributed by atoms with Crippen LogP contribution in [-0.4, -0.2) is 29.1 Å². The molecule has 124 valence electrons. The number of allylic oxidation sites excluding steroid dienone is 1. The number of nitrogens with zero attached hydrogens (tertiary/aromatic N) is 3. The third-order valence-electron chi connectivity index (χ3n) is 4.15. The number of carbonyl (C=O) groups excluding carboxylic acids is 1. The molecule has 0 aliphatic heterocycles. The Hall–Kier alpha value is -1.58. The molecule has 1 rings (SSSR count). The van der Waals surface area contributed by atoms with Gasteiger partial charge in [-0.05, 0) is 30.1 Å². The van der Waals surface area contributed by atoms with Crippen LogP contribution in [0.25, 0.3) is 0 Å². The first-order valence-corrected chi connectivity index (χ1v) is 7.99. The summed E-state index contributed by atoms with van der Waals surface area (Å²) >= 11 is 0. The van der Waals surface area contributed by atoms with Crippen LogP contribution < -0.4 is 4.57 Å². The Balaban J connectivity index is 2.46. The van der Waals surface area contributed by atoms with E-state index in [0.717, 1.165) is 25.8 Å². The highest BCUT2D eigenvalue weighted by Crippen LogP contribution is 2.37. The standard InChI is InChI=1S/C18H32N3O/c1-8-17(2,3)14-18(4,5)10-9-11-20(7)16(22)21-13-12-19(6)15-21/h8,12-13,15H,1,9-11,14H2,2-7H3/q+1. The lowest BCUT2D eigenvalue weighted by atomic mass is 9.73. The fourth-order valence-electron chi connectivity index (χ4n) is 3.04. The lowest BCUT2D eigenvalue weighted by Crippen LogP contribution is -2.33. The van der Waals surface area contributed by atoms with Gasteiger partial charge in [-0.3, -0.25) is 0 Å². The molecule has 22 heavy (non-hydrogen) atoms. The van der Waals surface area contributed by atoms with Crippen LogP contribution in [-0.2, 0) is 7.05 Å². The quantitative estimate of drug-likeness (QED) is 0.559. The minimum absolute atomic E-state index is 0.0184. The molecule has 0 spiro atoms. The summed E-state index contributed by atoms with van der Waals surface area (Å²) in [6, 6.07) is 0.0184.